The number of benzene rings is 1. The number of carbonyl (C=O) groups is 1. The van der Waals surface area contributed by atoms with Crippen molar-refractivity contribution in [2.75, 3.05) is 6.54 Å². The zero-order valence-electron chi connectivity index (χ0n) is 9.80. The summed E-state index contributed by atoms with van der Waals surface area (Å²) in [7, 11) is 0. The molecule has 0 aliphatic carbocycles. The summed E-state index contributed by atoms with van der Waals surface area (Å²) in [5, 5.41) is 2.43. The van der Waals surface area contributed by atoms with Gasteiger partial charge in [-0.3, -0.25) is 4.79 Å². The molecule has 96 valence electrons. The van der Waals surface area contributed by atoms with Crippen LogP contribution in [0.4, 0.5) is 8.78 Å². The quantitative estimate of drug-likeness (QED) is 0.639. The van der Waals surface area contributed by atoms with Crippen LogP contribution in [0.15, 0.2) is 17.1 Å². The van der Waals surface area contributed by atoms with E-state index in [4.69, 9.17) is 0 Å². The van der Waals surface area contributed by atoms with Crippen LogP contribution in [0.3, 0.4) is 0 Å². The molecule has 0 unspecified atom stereocenters. The van der Waals surface area contributed by atoms with Crippen LogP contribution < -0.4 is 5.32 Å². The Morgan fingerprint density at radius 2 is 2.17 bits per heavy atom. The average molecular weight is 254 g/mol. The summed E-state index contributed by atoms with van der Waals surface area (Å²) in [4.78, 5) is 23.9. The van der Waals surface area contributed by atoms with Crippen molar-refractivity contribution in [3.05, 3.63) is 34.9 Å². The van der Waals surface area contributed by atoms with Crippen molar-refractivity contribution in [3.63, 3.8) is 0 Å². The van der Waals surface area contributed by atoms with Gasteiger partial charge < -0.3 is 5.32 Å². The Morgan fingerprint density at radius 3 is 2.78 bits per heavy atom. The lowest BCUT2D eigenvalue weighted by Crippen LogP contribution is -2.20. The SMILES string of the molecule is CC(=O)NCc1ccc(F)c(CCN=C=O)c1F. The van der Waals surface area contributed by atoms with Crippen LogP contribution in [0.5, 0.6) is 0 Å². The Balaban J connectivity index is 2.91. The summed E-state index contributed by atoms with van der Waals surface area (Å²) in [5.41, 5.74) is 0.0496. The number of nitrogens with one attached hydrogen (secondary N) is 1. The number of amides is 1. The third-order valence-corrected chi connectivity index (χ3v) is 2.33. The number of isocyanates is 1. The number of hydrogen-bond acceptors (Lipinski definition) is 3. The van der Waals surface area contributed by atoms with Crippen LogP contribution in [-0.4, -0.2) is 18.5 Å². The van der Waals surface area contributed by atoms with Gasteiger partial charge in [-0.1, -0.05) is 6.07 Å². The van der Waals surface area contributed by atoms with Gasteiger partial charge in [0.15, 0.2) is 0 Å². The minimum Gasteiger partial charge on any atom is -0.352 e. The zero-order chi connectivity index (χ0) is 13.5. The fourth-order valence-electron chi connectivity index (χ4n) is 1.44. The lowest BCUT2D eigenvalue weighted by Gasteiger charge is -2.09. The molecule has 0 heterocycles. The topological polar surface area (TPSA) is 58.5 Å². The first-order chi connectivity index (χ1) is 8.56. The average Bonchev–Trinajstić information content (AvgIpc) is 2.32. The van der Waals surface area contributed by atoms with Gasteiger partial charge in [-0.25, -0.2) is 18.6 Å². The molecule has 1 N–H and O–H groups in total. The van der Waals surface area contributed by atoms with Crippen molar-refractivity contribution >= 4 is 12.0 Å². The molecule has 0 spiro atoms. The standard InChI is InChI=1S/C12H12F2N2O2/c1-8(18)16-6-9-2-3-11(13)10(12(9)14)4-5-15-7-17/h2-3H,4-6H2,1H3,(H,16,18). The third-order valence-electron chi connectivity index (χ3n) is 2.33. The van der Waals surface area contributed by atoms with E-state index in [1.807, 2.05) is 0 Å². The van der Waals surface area contributed by atoms with Crippen LogP contribution in [0.1, 0.15) is 18.1 Å². The second-order valence-electron chi connectivity index (χ2n) is 3.63. The maximum Gasteiger partial charge on any atom is 0.234 e. The van der Waals surface area contributed by atoms with E-state index in [1.54, 1.807) is 0 Å². The normalized spacial score (nSPS) is 9.72. The van der Waals surface area contributed by atoms with Gasteiger partial charge >= 0.3 is 0 Å². The third kappa shape index (κ3) is 3.75. The van der Waals surface area contributed by atoms with E-state index >= 15 is 0 Å². The number of carbonyl (C=O) groups excluding carboxylic acids is 2. The van der Waals surface area contributed by atoms with E-state index in [0.29, 0.717) is 0 Å². The largest absolute Gasteiger partial charge is 0.352 e. The molecular weight excluding hydrogens is 242 g/mol. The first-order valence-electron chi connectivity index (χ1n) is 5.30. The van der Waals surface area contributed by atoms with E-state index in [0.717, 1.165) is 6.07 Å². The number of aliphatic imine (C=N–C) groups is 1. The van der Waals surface area contributed by atoms with Crippen molar-refractivity contribution in [1.29, 1.82) is 0 Å². The second kappa shape index (κ2) is 6.61. The van der Waals surface area contributed by atoms with E-state index in [1.165, 1.54) is 19.1 Å². The molecular formula is C12H12F2N2O2. The highest BCUT2D eigenvalue weighted by Gasteiger charge is 2.13. The monoisotopic (exact) mass is 254 g/mol. The van der Waals surface area contributed by atoms with Gasteiger partial charge in [-0.15, -0.1) is 0 Å². The summed E-state index contributed by atoms with van der Waals surface area (Å²) in [6, 6.07) is 2.40. The van der Waals surface area contributed by atoms with E-state index in [2.05, 4.69) is 10.3 Å². The molecule has 6 heteroatoms. The molecule has 0 bridgehead atoms. The molecule has 0 saturated carbocycles. The minimum atomic E-state index is -0.718. The number of nitrogens with zero attached hydrogens (tertiary/aromatic N) is 1. The molecule has 0 fully saturated rings. The molecule has 0 aliphatic rings. The molecule has 4 nitrogen and oxygen atoms in total. The highest BCUT2D eigenvalue weighted by Crippen LogP contribution is 2.17. The van der Waals surface area contributed by atoms with Gasteiger partial charge in [0.2, 0.25) is 12.0 Å². The minimum absolute atomic E-state index is 0.00854. The molecule has 0 aliphatic heterocycles. The van der Waals surface area contributed by atoms with Crippen molar-refractivity contribution in [2.45, 2.75) is 19.9 Å². The summed E-state index contributed by atoms with van der Waals surface area (Å²) < 4.78 is 27.3. The fourth-order valence-corrected chi connectivity index (χ4v) is 1.44. The highest BCUT2D eigenvalue weighted by molar-refractivity contribution is 5.72. The van der Waals surface area contributed by atoms with Crippen LogP contribution in [0.2, 0.25) is 0 Å². The molecule has 0 saturated heterocycles. The van der Waals surface area contributed by atoms with Crippen molar-refractivity contribution < 1.29 is 18.4 Å². The van der Waals surface area contributed by atoms with E-state index < -0.39 is 11.6 Å². The predicted molar refractivity (Wildman–Crippen MR) is 60.6 cm³/mol. The fraction of sp³-hybridized carbons (Fsp3) is 0.333. The Labute approximate surface area is 103 Å². The second-order valence-corrected chi connectivity index (χ2v) is 3.63. The van der Waals surface area contributed by atoms with Gasteiger partial charge in [-0.05, 0) is 12.5 Å². The van der Waals surface area contributed by atoms with E-state index in [-0.39, 0.29) is 36.5 Å². The maximum absolute atomic E-state index is 13.9. The molecule has 1 rings (SSSR count). The Bertz CT molecular complexity index is 497. The van der Waals surface area contributed by atoms with Crippen molar-refractivity contribution in [3.8, 4) is 0 Å². The first-order valence-corrected chi connectivity index (χ1v) is 5.30. The van der Waals surface area contributed by atoms with Gasteiger partial charge in [0, 0.05) is 24.6 Å². The Kier molecular flexibility index (Phi) is 5.14. The summed E-state index contributed by atoms with van der Waals surface area (Å²) in [6.45, 7) is 1.27. The zero-order valence-corrected chi connectivity index (χ0v) is 9.80. The highest BCUT2D eigenvalue weighted by atomic mass is 19.1. The summed E-state index contributed by atoms with van der Waals surface area (Å²) in [5.74, 6) is -1.71. The number of rotatable bonds is 5. The lowest BCUT2D eigenvalue weighted by atomic mass is 10.1. The maximum atomic E-state index is 13.9. The van der Waals surface area contributed by atoms with Gasteiger partial charge in [-0.2, -0.15) is 0 Å². The van der Waals surface area contributed by atoms with Crippen molar-refractivity contribution in [2.24, 2.45) is 4.99 Å². The lowest BCUT2D eigenvalue weighted by molar-refractivity contribution is -0.119. The number of halogens is 2. The molecule has 1 aromatic rings. The molecule has 18 heavy (non-hydrogen) atoms. The predicted octanol–water partition coefficient (Wildman–Crippen LogP) is 1.48. The van der Waals surface area contributed by atoms with Crippen LogP contribution >= 0.6 is 0 Å². The summed E-state index contributed by atoms with van der Waals surface area (Å²) >= 11 is 0. The van der Waals surface area contributed by atoms with Crippen LogP contribution in [0, 0.1) is 11.6 Å². The van der Waals surface area contributed by atoms with Gasteiger partial charge in [0.1, 0.15) is 11.6 Å². The van der Waals surface area contributed by atoms with Crippen LogP contribution in [-0.2, 0) is 22.6 Å². The molecule has 1 aromatic carbocycles. The van der Waals surface area contributed by atoms with Gasteiger partial charge in [0.25, 0.3) is 0 Å². The molecule has 0 atom stereocenters. The Hall–Kier alpha value is -2.07. The van der Waals surface area contributed by atoms with Crippen molar-refractivity contribution in [1.82, 2.24) is 5.32 Å². The first kappa shape index (κ1) is 14.0. The van der Waals surface area contributed by atoms with Gasteiger partial charge in [0.05, 0.1) is 6.54 Å². The van der Waals surface area contributed by atoms with E-state index in [9.17, 15) is 18.4 Å². The van der Waals surface area contributed by atoms with Crippen LogP contribution in [0.25, 0.3) is 0 Å². The number of hydrogen-bond donors (Lipinski definition) is 1. The molecule has 0 radical (unpaired) electrons. The molecule has 1 amide bonds. The molecule has 0 aromatic heterocycles. The Morgan fingerprint density at radius 1 is 1.44 bits per heavy atom. The summed E-state index contributed by atoms with van der Waals surface area (Å²) in [6.07, 6.45) is 1.28. The smallest absolute Gasteiger partial charge is 0.234 e.